The maximum absolute atomic E-state index is 12.6. The van der Waals surface area contributed by atoms with Gasteiger partial charge in [0, 0.05) is 23.0 Å². The van der Waals surface area contributed by atoms with Gasteiger partial charge in [0.05, 0.1) is 17.1 Å². The average Bonchev–Trinajstić information content (AvgIpc) is 3.29. The van der Waals surface area contributed by atoms with E-state index in [-0.39, 0.29) is 24.9 Å². The Morgan fingerprint density at radius 1 is 1.36 bits per heavy atom. The summed E-state index contributed by atoms with van der Waals surface area (Å²) in [5, 5.41) is 15.1. The van der Waals surface area contributed by atoms with Crippen molar-refractivity contribution in [1.29, 1.82) is 0 Å². The minimum absolute atomic E-state index is 0.0738. The summed E-state index contributed by atoms with van der Waals surface area (Å²) in [5.41, 5.74) is 0.899. The predicted molar refractivity (Wildman–Crippen MR) is 98.2 cm³/mol. The molecule has 1 aliphatic rings. The molecule has 132 valence electrons. The number of hydrogen-bond acceptors (Lipinski definition) is 5. The monoisotopic (exact) mass is 399 g/mol. The number of benzene rings is 1. The number of aliphatic carboxylic acids is 1. The summed E-state index contributed by atoms with van der Waals surface area (Å²) < 4.78 is 0. The molecular formula is C16H15Cl2N3O3S. The highest BCUT2D eigenvalue weighted by molar-refractivity contribution is 7.14. The summed E-state index contributed by atoms with van der Waals surface area (Å²) >= 11 is 13.3. The highest BCUT2D eigenvalue weighted by Gasteiger charge is 2.34. The van der Waals surface area contributed by atoms with Crippen LogP contribution >= 0.6 is 34.5 Å². The van der Waals surface area contributed by atoms with Gasteiger partial charge in [-0.15, -0.1) is 11.3 Å². The van der Waals surface area contributed by atoms with Crippen LogP contribution in [0.3, 0.4) is 0 Å². The molecule has 0 atom stereocenters. The zero-order valence-corrected chi connectivity index (χ0v) is 15.4. The van der Waals surface area contributed by atoms with Crippen LogP contribution < -0.4 is 5.32 Å². The van der Waals surface area contributed by atoms with Gasteiger partial charge >= 0.3 is 5.97 Å². The normalized spacial score (nSPS) is 13.5. The van der Waals surface area contributed by atoms with Crippen molar-refractivity contribution in [2.24, 2.45) is 0 Å². The van der Waals surface area contributed by atoms with E-state index >= 15 is 0 Å². The molecule has 0 bridgehead atoms. The number of carbonyl (C=O) groups is 2. The Morgan fingerprint density at radius 2 is 2.12 bits per heavy atom. The maximum atomic E-state index is 12.6. The number of nitrogens with one attached hydrogen (secondary N) is 1. The van der Waals surface area contributed by atoms with E-state index in [2.05, 4.69) is 10.3 Å². The molecule has 0 unspecified atom stereocenters. The van der Waals surface area contributed by atoms with Crippen LogP contribution in [0.4, 0.5) is 10.8 Å². The van der Waals surface area contributed by atoms with Crippen LogP contribution in [-0.4, -0.2) is 39.5 Å². The molecule has 0 aliphatic heterocycles. The summed E-state index contributed by atoms with van der Waals surface area (Å²) in [6.45, 7) is 0.194. The quantitative estimate of drug-likeness (QED) is 0.725. The predicted octanol–water partition coefficient (Wildman–Crippen LogP) is 4.27. The Hall–Kier alpha value is -1.83. The van der Waals surface area contributed by atoms with Crippen LogP contribution in [0.2, 0.25) is 10.0 Å². The molecule has 2 aromatic rings. The lowest BCUT2D eigenvalue weighted by molar-refractivity contribution is -0.137. The fourth-order valence-electron chi connectivity index (χ4n) is 2.34. The molecule has 1 aromatic carbocycles. The molecule has 9 heteroatoms. The van der Waals surface area contributed by atoms with E-state index in [0.717, 1.165) is 12.8 Å². The average molecular weight is 400 g/mol. The maximum Gasteiger partial charge on any atom is 0.305 e. The summed E-state index contributed by atoms with van der Waals surface area (Å²) in [7, 11) is 0. The number of nitrogens with zero attached hydrogens (tertiary/aromatic N) is 2. The molecule has 1 heterocycles. The highest BCUT2D eigenvalue weighted by Crippen LogP contribution is 2.31. The standard InChI is InChI=1S/C16H15Cl2N3O3S/c17-9-1-4-11(18)12(7-9)19-16-20-13(8-25-16)15(24)21(10-2-3-10)6-5-14(22)23/h1,4,7-8,10H,2-3,5-6H2,(H,19,20)(H,22,23). The highest BCUT2D eigenvalue weighted by atomic mass is 35.5. The molecule has 2 N–H and O–H groups in total. The number of thiazole rings is 1. The topological polar surface area (TPSA) is 82.5 Å². The Morgan fingerprint density at radius 3 is 2.80 bits per heavy atom. The van der Waals surface area contributed by atoms with Crippen LogP contribution in [0.5, 0.6) is 0 Å². The molecule has 0 saturated heterocycles. The molecule has 0 radical (unpaired) electrons. The van der Waals surface area contributed by atoms with Crippen molar-refractivity contribution in [3.63, 3.8) is 0 Å². The van der Waals surface area contributed by atoms with E-state index in [4.69, 9.17) is 28.3 Å². The van der Waals surface area contributed by atoms with E-state index in [9.17, 15) is 9.59 Å². The Bertz CT molecular complexity index is 808. The van der Waals surface area contributed by atoms with Crippen LogP contribution in [0.25, 0.3) is 0 Å². The first-order chi connectivity index (χ1) is 11.9. The zero-order chi connectivity index (χ0) is 18.0. The van der Waals surface area contributed by atoms with E-state index in [1.807, 2.05) is 0 Å². The minimum Gasteiger partial charge on any atom is -0.481 e. The van der Waals surface area contributed by atoms with E-state index in [1.165, 1.54) is 11.3 Å². The van der Waals surface area contributed by atoms with E-state index in [0.29, 0.717) is 26.6 Å². The third-order valence-electron chi connectivity index (χ3n) is 3.71. The Labute approximate surface area is 158 Å². The number of hydrogen-bond donors (Lipinski definition) is 2. The lowest BCUT2D eigenvalue weighted by Crippen LogP contribution is -2.35. The summed E-state index contributed by atoms with van der Waals surface area (Å²) in [4.78, 5) is 29.3. The number of halogens is 2. The van der Waals surface area contributed by atoms with Gasteiger partial charge in [0.25, 0.3) is 5.91 Å². The molecule has 3 rings (SSSR count). The summed E-state index contributed by atoms with van der Waals surface area (Å²) in [6, 6.07) is 5.15. The third kappa shape index (κ3) is 4.62. The molecule has 1 saturated carbocycles. The number of carbonyl (C=O) groups excluding carboxylic acids is 1. The molecular weight excluding hydrogens is 385 g/mol. The smallest absolute Gasteiger partial charge is 0.305 e. The number of carboxylic acid groups (broad SMARTS) is 1. The number of amides is 1. The van der Waals surface area contributed by atoms with Gasteiger partial charge in [-0.2, -0.15) is 0 Å². The summed E-state index contributed by atoms with van der Waals surface area (Å²) in [6.07, 6.45) is 1.73. The largest absolute Gasteiger partial charge is 0.481 e. The number of aromatic nitrogens is 1. The fraction of sp³-hybridized carbons (Fsp3) is 0.312. The van der Waals surface area contributed by atoms with Crippen molar-refractivity contribution < 1.29 is 14.7 Å². The molecule has 1 aromatic heterocycles. The van der Waals surface area contributed by atoms with Gasteiger partial charge in [-0.25, -0.2) is 4.98 Å². The van der Waals surface area contributed by atoms with E-state index in [1.54, 1.807) is 28.5 Å². The first-order valence-corrected chi connectivity index (χ1v) is 9.28. The first-order valence-electron chi connectivity index (χ1n) is 7.64. The SMILES string of the molecule is O=C(O)CCN(C(=O)c1csc(Nc2cc(Cl)ccc2Cl)n1)C1CC1. The second-order valence-corrected chi connectivity index (χ2v) is 7.36. The van der Waals surface area contributed by atoms with Crippen LogP contribution in [0.1, 0.15) is 29.8 Å². The number of rotatable bonds is 7. The number of anilines is 2. The van der Waals surface area contributed by atoms with Gasteiger partial charge < -0.3 is 15.3 Å². The van der Waals surface area contributed by atoms with Crippen molar-refractivity contribution in [3.05, 3.63) is 39.3 Å². The van der Waals surface area contributed by atoms with Crippen LogP contribution in [0.15, 0.2) is 23.6 Å². The minimum atomic E-state index is -0.922. The lowest BCUT2D eigenvalue weighted by atomic mass is 10.3. The number of carboxylic acids is 1. The zero-order valence-electron chi connectivity index (χ0n) is 13.0. The second kappa shape index (κ2) is 7.59. The second-order valence-electron chi connectivity index (χ2n) is 5.66. The van der Waals surface area contributed by atoms with Gasteiger partial charge in [-0.1, -0.05) is 23.2 Å². The van der Waals surface area contributed by atoms with Crippen molar-refractivity contribution >= 4 is 57.2 Å². The van der Waals surface area contributed by atoms with Crippen molar-refractivity contribution in [3.8, 4) is 0 Å². The van der Waals surface area contributed by atoms with Gasteiger partial charge in [-0.3, -0.25) is 9.59 Å². The van der Waals surface area contributed by atoms with Crippen molar-refractivity contribution in [1.82, 2.24) is 9.88 Å². The van der Waals surface area contributed by atoms with Crippen molar-refractivity contribution in [2.75, 3.05) is 11.9 Å². The van der Waals surface area contributed by atoms with Gasteiger partial charge in [0.2, 0.25) is 0 Å². The first kappa shape index (κ1) is 18.0. The van der Waals surface area contributed by atoms with Gasteiger partial charge in [-0.05, 0) is 31.0 Å². The van der Waals surface area contributed by atoms with Gasteiger partial charge in [0.1, 0.15) is 5.69 Å². The molecule has 1 amide bonds. The fourth-order valence-corrected chi connectivity index (χ4v) is 3.37. The van der Waals surface area contributed by atoms with Gasteiger partial charge in [0.15, 0.2) is 5.13 Å². The Balaban J connectivity index is 1.72. The molecule has 25 heavy (non-hydrogen) atoms. The third-order valence-corrected chi connectivity index (χ3v) is 5.03. The molecule has 0 spiro atoms. The lowest BCUT2D eigenvalue weighted by Gasteiger charge is -2.20. The van der Waals surface area contributed by atoms with E-state index < -0.39 is 5.97 Å². The molecule has 6 nitrogen and oxygen atoms in total. The Kier molecular flexibility index (Phi) is 5.46. The molecule has 1 aliphatic carbocycles. The molecule has 1 fully saturated rings. The summed E-state index contributed by atoms with van der Waals surface area (Å²) in [5.74, 6) is -1.17. The van der Waals surface area contributed by atoms with Crippen molar-refractivity contribution in [2.45, 2.75) is 25.3 Å². The van der Waals surface area contributed by atoms with Crippen LogP contribution in [-0.2, 0) is 4.79 Å². The van der Waals surface area contributed by atoms with Crippen LogP contribution in [0, 0.1) is 0 Å².